The molecule has 22 heavy (non-hydrogen) atoms. The van der Waals surface area contributed by atoms with Crippen LogP contribution in [0.25, 0.3) is 0 Å². The molecule has 2 heteroatoms. The molecule has 0 radical (unpaired) electrons. The molecule has 2 fully saturated rings. The fourth-order valence-electron chi connectivity index (χ4n) is 3.02. The molecule has 0 aromatic heterocycles. The van der Waals surface area contributed by atoms with Crippen molar-refractivity contribution in [1.82, 2.24) is 0 Å². The predicted octanol–water partition coefficient (Wildman–Crippen LogP) is 6.12. The van der Waals surface area contributed by atoms with Crippen LogP contribution in [0.3, 0.4) is 0 Å². The number of Topliss-reactive ketones (excluding diaryl/α,β-unsaturated/α-hetero) is 1. The van der Waals surface area contributed by atoms with Gasteiger partial charge in [0.05, 0.1) is 0 Å². The minimum Gasteiger partial charge on any atom is -0.303 e. The topological polar surface area (TPSA) is 34.1 Å². The van der Waals surface area contributed by atoms with Crippen molar-refractivity contribution in [2.75, 3.05) is 0 Å². The molecule has 0 heterocycles. The first-order chi connectivity index (χ1) is 10.3. The number of ketones is 1. The number of rotatable bonds is 2. The molecule has 0 aromatic rings. The van der Waals surface area contributed by atoms with Gasteiger partial charge in [-0.1, -0.05) is 72.6 Å². The van der Waals surface area contributed by atoms with E-state index in [-0.39, 0.29) is 5.92 Å². The third kappa shape index (κ3) is 15.7. The van der Waals surface area contributed by atoms with Gasteiger partial charge >= 0.3 is 0 Å². The minimum absolute atomic E-state index is 0.213. The Morgan fingerprint density at radius 2 is 1.23 bits per heavy atom. The summed E-state index contributed by atoms with van der Waals surface area (Å²) in [5.41, 5.74) is 0.292. The first kappa shape index (κ1) is 21.3. The number of hydrogen-bond acceptors (Lipinski definition) is 2. The second-order valence-electron chi connectivity index (χ2n) is 8.10. The van der Waals surface area contributed by atoms with Gasteiger partial charge in [-0.3, -0.25) is 4.79 Å². The lowest BCUT2D eigenvalue weighted by Crippen LogP contribution is -2.11. The van der Waals surface area contributed by atoms with Crippen LogP contribution < -0.4 is 0 Å². The highest BCUT2D eigenvalue weighted by molar-refractivity contribution is 5.78. The largest absolute Gasteiger partial charge is 0.303 e. The van der Waals surface area contributed by atoms with Crippen LogP contribution in [-0.2, 0) is 9.59 Å². The quantitative estimate of drug-likeness (QED) is 0.576. The Labute approximate surface area is 138 Å². The lowest BCUT2D eigenvalue weighted by molar-refractivity contribution is -0.120. The van der Waals surface area contributed by atoms with E-state index in [0.717, 1.165) is 38.4 Å². The summed E-state index contributed by atoms with van der Waals surface area (Å²) in [4.78, 5) is 20.6. The van der Waals surface area contributed by atoms with Gasteiger partial charge in [0.1, 0.15) is 12.1 Å². The Morgan fingerprint density at radius 1 is 0.864 bits per heavy atom. The maximum Gasteiger partial charge on any atom is 0.132 e. The van der Waals surface area contributed by atoms with Gasteiger partial charge < -0.3 is 4.79 Å². The first-order valence-corrected chi connectivity index (χ1v) is 9.32. The molecule has 2 aliphatic carbocycles. The Morgan fingerprint density at radius 3 is 1.41 bits per heavy atom. The molecule has 0 aromatic carbocycles. The highest BCUT2D eigenvalue weighted by Crippen LogP contribution is 2.22. The van der Waals surface area contributed by atoms with Gasteiger partial charge in [-0.15, -0.1) is 0 Å². The normalized spacial score (nSPS) is 19.9. The van der Waals surface area contributed by atoms with Gasteiger partial charge in [0.15, 0.2) is 0 Å². The average molecular weight is 311 g/mol. The van der Waals surface area contributed by atoms with Crippen molar-refractivity contribution in [3.8, 4) is 0 Å². The molecular weight excluding hydrogens is 272 g/mol. The Bertz CT molecular complexity index is 265. The van der Waals surface area contributed by atoms with E-state index in [4.69, 9.17) is 0 Å². The third-order valence-corrected chi connectivity index (χ3v) is 4.08. The van der Waals surface area contributed by atoms with Crippen molar-refractivity contribution < 1.29 is 9.59 Å². The van der Waals surface area contributed by atoms with Crippen LogP contribution >= 0.6 is 0 Å². The summed E-state index contributed by atoms with van der Waals surface area (Å²) in [5, 5.41) is 0. The molecule has 0 N–H and O–H groups in total. The van der Waals surface area contributed by atoms with Crippen molar-refractivity contribution in [2.24, 2.45) is 11.3 Å². The Hall–Kier alpha value is -0.660. The first-order valence-electron chi connectivity index (χ1n) is 9.32. The summed E-state index contributed by atoms with van der Waals surface area (Å²) in [5.74, 6) is 0.677. The maximum absolute atomic E-state index is 10.5. The van der Waals surface area contributed by atoms with E-state index in [9.17, 15) is 9.59 Å². The molecule has 1 atom stereocenters. The molecule has 130 valence electrons. The standard InChI is InChI=1S/C8H16O.C6H10O.C6H12/c1-7(6-9)5-8(2,3)4;7-6-4-2-1-3-5-6;1-2-4-6-5-3-1/h6-7H,5H2,1-4H3;1-5H2;1-6H2. The summed E-state index contributed by atoms with van der Waals surface area (Å²) in [7, 11) is 0. The van der Waals surface area contributed by atoms with Gasteiger partial charge in [-0.25, -0.2) is 0 Å². The van der Waals surface area contributed by atoms with Crippen molar-refractivity contribution in [1.29, 1.82) is 0 Å². The second kappa shape index (κ2) is 12.8. The molecule has 1 unspecified atom stereocenters. The zero-order valence-electron chi connectivity index (χ0n) is 15.5. The van der Waals surface area contributed by atoms with Crippen molar-refractivity contribution >= 4 is 12.1 Å². The minimum atomic E-state index is 0.213. The highest BCUT2D eigenvalue weighted by atomic mass is 16.1. The highest BCUT2D eigenvalue weighted by Gasteiger charge is 2.13. The van der Waals surface area contributed by atoms with Crippen molar-refractivity contribution in [3.63, 3.8) is 0 Å². The molecule has 2 rings (SSSR count). The van der Waals surface area contributed by atoms with Crippen molar-refractivity contribution in [3.05, 3.63) is 0 Å². The monoisotopic (exact) mass is 310 g/mol. The van der Waals surface area contributed by atoms with Crippen LogP contribution in [0.2, 0.25) is 0 Å². The van der Waals surface area contributed by atoms with Crippen LogP contribution in [0.4, 0.5) is 0 Å². The third-order valence-electron chi connectivity index (χ3n) is 4.08. The lowest BCUT2D eigenvalue weighted by atomic mass is 9.86. The number of carbonyl (C=O) groups excluding carboxylic acids is 2. The van der Waals surface area contributed by atoms with Crippen LogP contribution in [0.15, 0.2) is 0 Å². The van der Waals surface area contributed by atoms with Gasteiger partial charge in [0.25, 0.3) is 0 Å². The molecule has 2 saturated carbocycles. The summed E-state index contributed by atoms with van der Waals surface area (Å²) in [6.45, 7) is 8.39. The Balaban J connectivity index is 0.000000306. The number of hydrogen-bond donors (Lipinski definition) is 0. The van der Waals surface area contributed by atoms with Gasteiger partial charge in [0.2, 0.25) is 0 Å². The van der Waals surface area contributed by atoms with Gasteiger partial charge in [-0.05, 0) is 24.7 Å². The van der Waals surface area contributed by atoms with E-state index in [1.165, 1.54) is 44.9 Å². The summed E-state index contributed by atoms with van der Waals surface area (Å²) in [6, 6.07) is 0. The molecule has 0 amide bonds. The molecule has 0 aliphatic heterocycles. The van der Waals surface area contributed by atoms with E-state index in [1.807, 2.05) is 6.92 Å². The number of carbonyl (C=O) groups is 2. The molecule has 2 nitrogen and oxygen atoms in total. The SMILES string of the molecule is C1CCCCC1.CC(C=O)CC(C)(C)C.O=C1CCCCC1. The molecular formula is C20H38O2. The maximum atomic E-state index is 10.5. The lowest BCUT2D eigenvalue weighted by Gasteiger charge is -2.19. The molecule has 0 saturated heterocycles. The average Bonchev–Trinajstić information content (AvgIpc) is 2.49. The van der Waals surface area contributed by atoms with E-state index in [2.05, 4.69) is 20.8 Å². The van der Waals surface area contributed by atoms with Gasteiger partial charge in [0, 0.05) is 18.8 Å². The summed E-state index contributed by atoms with van der Waals surface area (Å²) in [6.07, 6.45) is 16.2. The van der Waals surface area contributed by atoms with E-state index < -0.39 is 0 Å². The fourth-order valence-corrected chi connectivity index (χ4v) is 3.02. The number of aldehydes is 1. The molecule has 0 spiro atoms. The zero-order valence-corrected chi connectivity index (χ0v) is 15.5. The zero-order chi connectivity index (χ0) is 16.8. The summed E-state index contributed by atoms with van der Waals surface area (Å²) < 4.78 is 0. The van der Waals surface area contributed by atoms with E-state index in [1.54, 1.807) is 0 Å². The van der Waals surface area contributed by atoms with Gasteiger partial charge in [-0.2, -0.15) is 0 Å². The molecule has 0 bridgehead atoms. The predicted molar refractivity (Wildman–Crippen MR) is 95.1 cm³/mol. The van der Waals surface area contributed by atoms with Crippen LogP contribution in [0.5, 0.6) is 0 Å². The van der Waals surface area contributed by atoms with Crippen LogP contribution in [0, 0.1) is 11.3 Å². The van der Waals surface area contributed by atoms with Crippen LogP contribution in [-0.4, -0.2) is 12.1 Å². The van der Waals surface area contributed by atoms with E-state index in [0.29, 0.717) is 11.2 Å². The van der Waals surface area contributed by atoms with E-state index >= 15 is 0 Å². The fraction of sp³-hybridized carbons (Fsp3) is 0.900. The summed E-state index contributed by atoms with van der Waals surface area (Å²) >= 11 is 0. The Kier molecular flexibility index (Phi) is 12.5. The smallest absolute Gasteiger partial charge is 0.132 e. The second-order valence-corrected chi connectivity index (χ2v) is 8.10. The molecule has 2 aliphatic rings. The van der Waals surface area contributed by atoms with Crippen molar-refractivity contribution in [2.45, 2.75) is 105 Å². The van der Waals surface area contributed by atoms with Crippen LogP contribution in [0.1, 0.15) is 105 Å².